The largest absolute Gasteiger partial charge is 0.354 e. The van der Waals surface area contributed by atoms with Crippen LogP contribution in [0, 0.1) is 0 Å². The van der Waals surface area contributed by atoms with Gasteiger partial charge in [0, 0.05) is 44.3 Å². The Kier molecular flexibility index (Phi) is 5.39. The SMILES string of the molecule is O=C(c1cc(Nc2ccccc2Cl)ccn1)N1CCN(c2ccccn2)CC1. The molecule has 4 rings (SSSR count). The van der Waals surface area contributed by atoms with Crippen molar-refractivity contribution >= 4 is 34.7 Å². The number of anilines is 3. The quantitative estimate of drug-likeness (QED) is 0.729. The summed E-state index contributed by atoms with van der Waals surface area (Å²) in [6, 6.07) is 16.9. The molecule has 1 N–H and O–H groups in total. The van der Waals surface area contributed by atoms with E-state index in [-0.39, 0.29) is 5.91 Å². The second kappa shape index (κ2) is 8.27. The van der Waals surface area contributed by atoms with Crippen molar-refractivity contribution in [3.05, 3.63) is 77.7 Å². The topological polar surface area (TPSA) is 61.4 Å². The van der Waals surface area contributed by atoms with E-state index in [9.17, 15) is 4.79 Å². The van der Waals surface area contributed by atoms with Gasteiger partial charge in [0.15, 0.2) is 0 Å². The lowest BCUT2D eigenvalue weighted by Crippen LogP contribution is -2.49. The van der Waals surface area contributed by atoms with Gasteiger partial charge in [-0.25, -0.2) is 4.98 Å². The molecule has 0 radical (unpaired) electrons. The molecular weight excluding hydrogens is 374 g/mol. The number of para-hydroxylation sites is 1. The van der Waals surface area contributed by atoms with Gasteiger partial charge in [-0.2, -0.15) is 0 Å². The smallest absolute Gasteiger partial charge is 0.272 e. The Balaban J connectivity index is 1.42. The van der Waals surface area contributed by atoms with E-state index in [1.165, 1.54) is 0 Å². The molecule has 6 nitrogen and oxygen atoms in total. The first-order valence-electron chi connectivity index (χ1n) is 9.13. The van der Waals surface area contributed by atoms with Crippen LogP contribution in [-0.4, -0.2) is 47.0 Å². The number of rotatable bonds is 4. The molecule has 0 saturated carbocycles. The van der Waals surface area contributed by atoms with E-state index >= 15 is 0 Å². The van der Waals surface area contributed by atoms with Gasteiger partial charge >= 0.3 is 0 Å². The first kappa shape index (κ1) is 18.3. The van der Waals surface area contributed by atoms with Gasteiger partial charge in [0.25, 0.3) is 5.91 Å². The van der Waals surface area contributed by atoms with Crippen LogP contribution in [0.15, 0.2) is 67.0 Å². The fraction of sp³-hybridized carbons (Fsp3) is 0.190. The standard InChI is InChI=1S/C21H20ClN5O/c22-17-5-1-2-6-18(17)25-16-8-10-23-19(15-16)21(28)27-13-11-26(12-14-27)20-7-3-4-9-24-20/h1-10,15H,11-14H2,(H,23,25). The number of pyridine rings is 2. The number of hydrogen-bond donors (Lipinski definition) is 1. The van der Waals surface area contributed by atoms with Gasteiger partial charge in [-0.15, -0.1) is 0 Å². The van der Waals surface area contributed by atoms with Gasteiger partial charge in [-0.3, -0.25) is 9.78 Å². The van der Waals surface area contributed by atoms with Crippen molar-refractivity contribution in [3.63, 3.8) is 0 Å². The number of piperazine rings is 1. The number of nitrogens with one attached hydrogen (secondary N) is 1. The summed E-state index contributed by atoms with van der Waals surface area (Å²) in [6.45, 7) is 2.78. The average molecular weight is 394 g/mol. The first-order valence-corrected chi connectivity index (χ1v) is 9.51. The zero-order chi connectivity index (χ0) is 19.3. The summed E-state index contributed by atoms with van der Waals surface area (Å²) in [5, 5.41) is 3.86. The second-order valence-electron chi connectivity index (χ2n) is 6.50. The molecule has 2 aromatic heterocycles. The van der Waals surface area contributed by atoms with Crippen molar-refractivity contribution in [1.29, 1.82) is 0 Å². The molecule has 1 aliphatic heterocycles. The highest BCUT2D eigenvalue weighted by molar-refractivity contribution is 6.33. The van der Waals surface area contributed by atoms with Gasteiger partial charge < -0.3 is 15.1 Å². The summed E-state index contributed by atoms with van der Waals surface area (Å²) in [7, 11) is 0. The van der Waals surface area contributed by atoms with Crippen molar-refractivity contribution in [2.45, 2.75) is 0 Å². The highest BCUT2D eigenvalue weighted by atomic mass is 35.5. The van der Waals surface area contributed by atoms with Crippen LogP contribution in [-0.2, 0) is 0 Å². The fourth-order valence-corrected chi connectivity index (χ4v) is 3.37. The minimum atomic E-state index is -0.0662. The molecule has 3 heterocycles. The van der Waals surface area contributed by atoms with Gasteiger partial charge in [0.1, 0.15) is 11.5 Å². The van der Waals surface area contributed by atoms with Crippen molar-refractivity contribution in [2.24, 2.45) is 0 Å². The van der Waals surface area contributed by atoms with Gasteiger partial charge in [0.2, 0.25) is 0 Å². The van der Waals surface area contributed by atoms with E-state index in [1.54, 1.807) is 18.5 Å². The van der Waals surface area contributed by atoms with Gasteiger partial charge in [0.05, 0.1) is 10.7 Å². The normalized spacial score (nSPS) is 14.0. The van der Waals surface area contributed by atoms with Gasteiger partial charge in [-0.1, -0.05) is 29.8 Å². The van der Waals surface area contributed by atoms with E-state index in [0.29, 0.717) is 23.8 Å². The molecule has 1 fully saturated rings. The van der Waals surface area contributed by atoms with Crippen LogP contribution in [0.2, 0.25) is 5.02 Å². The van der Waals surface area contributed by atoms with Gasteiger partial charge in [-0.05, 0) is 36.4 Å². The van der Waals surface area contributed by atoms with E-state index < -0.39 is 0 Å². The summed E-state index contributed by atoms with van der Waals surface area (Å²) in [5.74, 6) is 0.877. The maximum absolute atomic E-state index is 12.9. The Bertz CT molecular complexity index is 958. The van der Waals surface area contributed by atoms with Crippen LogP contribution < -0.4 is 10.2 Å². The summed E-state index contributed by atoms with van der Waals surface area (Å²) in [4.78, 5) is 25.6. The van der Waals surface area contributed by atoms with Crippen LogP contribution in [0.1, 0.15) is 10.5 Å². The Hall–Kier alpha value is -3.12. The fourth-order valence-electron chi connectivity index (χ4n) is 3.18. The molecule has 1 amide bonds. The molecule has 0 atom stereocenters. The van der Waals surface area contributed by atoms with Crippen molar-refractivity contribution in [3.8, 4) is 0 Å². The summed E-state index contributed by atoms with van der Waals surface area (Å²) >= 11 is 6.20. The molecule has 7 heteroatoms. The summed E-state index contributed by atoms with van der Waals surface area (Å²) < 4.78 is 0. The maximum atomic E-state index is 12.9. The van der Waals surface area contributed by atoms with Crippen LogP contribution in [0.4, 0.5) is 17.2 Å². The van der Waals surface area contributed by atoms with E-state index in [2.05, 4.69) is 20.2 Å². The summed E-state index contributed by atoms with van der Waals surface area (Å²) in [5.41, 5.74) is 1.99. The average Bonchev–Trinajstić information content (AvgIpc) is 2.76. The minimum absolute atomic E-state index is 0.0662. The maximum Gasteiger partial charge on any atom is 0.272 e. The molecule has 1 aromatic carbocycles. The third kappa shape index (κ3) is 4.07. The van der Waals surface area contributed by atoms with E-state index in [0.717, 1.165) is 30.3 Å². The van der Waals surface area contributed by atoms with Crippen molar-refractivity contribution in [2.75, 3.05) is 36.4 Å². The lowest BCUT2D eigenvalue weighted by molar-refractivity contribution is 0.0740. The molecule has 0 unspecified atom stereocenters. The Labute approximate surface area is 168 Å². The van der Waals surface area contributed by atoms with Crippen molar-refractivity contribution < 1.29 is 4.79 Å². The molecular formula is C21H20ClN5O. The third-order valence-electron chi connectivity index (χ3n) is 4.67. The molecule has 3 aromatic rings. The summed E-state index contributed by atoms with van der Waals surface area (Å²) in [6.07, 6.45) is 3.42. The number of carbonyl (C=O) groups excluding carboxylic acids is 1. The monoisotopic (exact) mass is 393 g/mol. The predicted molar refractivity (Wildman–Crippen MR) is 111 cm³/mol. The molecule has 1 aliphatic rings. The van der Waals surface area contributed by atoms with Crippen LogP contribution in [0.25, 0.3) is 0 Å². The molecule has 1 saturated heterocycles. The Morgan fingerprint density at radius 2 is 1.71 bits per heavy atom. The zero-order valence-electron chi connectivity index (χ0n) is 15.3. The molecule has 0 aliphatic carbocycles. The number of halogens is 1. The molecule has 0 bridgehead atoms. The van der Waals surface area contributed by atoms with Crippen LogP contribution in [0.3, 0.4) is 0 Å². The highest BCUT2D eigenvalue weighted by Crippen LogP contribution is 2.25. The number of carbonyl (C=O) groups is 1. The number of benzene rings is 1. The Morgan fingerprint density at radius 3 is 2.46 bits per heavy atom. The molecule has 0 spiro atoms. The minimum Gasteiger partial charge on any atom is -0.354 e. The van der Waals surface area contributed by atoms with Crippen molar-refractivity contribution in [1.82, 2.24) is 14.9 Å². The van der Waals surface area contributed by atoms with Crippen LogP contribution >= 0.6 is 11.6 Å². The number of hydrogen-bond acceptors (Lipinski definition) is 5. The lowest BCUT2D eigenvalue weighted by Gasteiger charge is -2.35. The number of amides is 1. The molecule has 142 valence electrons. The molecule has 28 heavy (non-hydrogen) atoms. The van der Waals surface area contributed by atoms with E-state index in [4.69, 9.17) is 11.6 Å². The first-order chi connectivity index (χ1) is 13.7. The predicted octanol–water partition coefficient (Wildman–Crippen LogP) is 3.84. The second-order valence-corrected chi connectivity index (χ2v) is 6.91. The lowest BCUT2D eigenvalue weighted by atomic mass is 10.2. The highest BCUT2D eigenvalue weighted by Gasteiger charge is 2.23. The van der Waals surface area contributed by atoms with Crippen LogP contribution in [0.5, 0.6) is 0 Å². The zero-order valence-corrected chi connectivity index (χ0v) is 16.0. The number of aromatic nitrogens is 2. The third-order valence-corrected chi connectivity index (χ3v) is 5.00. The Morgan fingerprint density at radius 1 is 0.929 bits per heavy atom. The van der Waals surface area contributed by atoms with E-state index in [1.807, 2.05) is 53.4 Å². The number of nitrogens with zero attached hydrogens (tertiary/aromatic N) is 4.